The van der Waals surface area contributed by atoms with Crippen molar-refractivity contribution in [2.75, 3.05) is 23.0 Å². The lowest BCUT2D eigenvalue weighted by Crippen LogP contribution is -2.45. The molecule has 2 aromatic carbocycles. The van der Waals surface area contributed by atoms with Crippen molar-refractivity contribution in [1.29, 1.82) is 0 Å². The number of rotatable bonds is 6. The molecule has 10 heteroatoms. The molecule has 0 aliphatic heterocycles. The van der Waals surface area contributed by atoms with E-state index in [2.05, 4.69) is 5.32 Å². The highest BCUT2D eigenvalue weighted by Gasteiger charge is 2.29. The smallest absolute Gasteiger partial charge is 0.328 e. The third-order valence-electron chi connectivity index (χ3n) is 4.95. The van der Waals surface area contributed by atoms with Crippen LogP contribution < -0.4 is 20.0 Å². The molecule has 160 valence electrons. The van der Waals surface area contributed by atoms with Crippen LogP contribution in [-0.4, -0.2) is 42.9 Å². The van der Waals surface area contributed by atoms with Gasteiger partial charge in [0.1, 0.15) is 11.8 Å². The number of ether oxygens (including phenoxy) is 1. The van der Waals surface area contributed by atoms with Crippen molar-refractivity contribution in [2.24, 2.45) is 14.1 Å². The van der Waals surface area contributed by atoms with E-state index in [9.17, 15) is 18.0 Å². The lowest BCUT2D eigenvalue weighted by Gasteiger charge is -2.28. The minimum absolute atomic E-state index is 0.176. The molecule has 3 rings (SSSR count). The number of methoxy groups -OCH3 is 1. The van der Waals surface area contributed by atoms with Gasteiger partial charge in [-0.05, 0) is 49.4 Å². The molecule has 0 bridgehead atoms. The molecule has 1 amide bonds. The maximum absolute atomic E-state index is 12.9. The number of imidazole rings is 1. The number of hydrogen-bond donors (Lipinski definition) is 1. The van der Waals surface area contributed by atoms with Gasteiger partial charge >= 0.3 is 5.69 Å². The summed E-state index contributed by atoms with van der Waals surface area (Å²) < 4.78 is 34.0. The first-order valence-electron chi connectivity index (χ1n) is 9.14. The molecule has 0 aliphatic rings. The lowest BCUT2D eigenvalue weighted by atomic mass is 10.2. The van der Waals surface area contributed by atoms with Gasteiger partial charge in [0.05, 0.1) is 30.1 Å². The fourth-order valence-electron chi connectivity index (χ4n) is 3.37. The number of aryl methyl sites for hydroxylation is 2. The zero-order chi connectivity index (χ0) is 22.2. The van der Waals surface area contributed by atoms with Crippen molar-refractivity contribution >= 4 is 38.3 Å². The fraction of sp³-hybridized carbons (Fsp3) is 0.300. The van der Waals surface area contributed by atoms with Crippen molar-refractivity contribution < 1.29 is 17.9 Å². The fourth-order valence-corrected chi connectivity index (χ4v) is 4.54. The van der Waals surface area contributed by atoms with E-state index in [0.29, 0.717) is 22.6 Å². The van der Waals surface area contributed by atoms with E-state index in [0.717, 1.165) is 16.1 Å². The highest BCUT2D eigenvalue weighted by atomic mass is 32.2. The molecule has 0 radical (unpaired) electrons. The highest BCUT2D eigenvalue weighted by molar-refractivity contribution is 7.92. The van der Waals surface area contributed by atoms with Crippen molar-refractivity contribution in [1.82, 2.24) is 9.13 Å². The monoisotopic (exact) mass is 432 g/mol. The Balaban J connectivity index is 1.91. The summed E-state index contributed by atoms with van der Waals surface area (Å²) in [6.45, 7) is 1.51. The normalized spacial score (nSPS) is 12.6. The zero-order valence-electron chi connectivity index (χ0n) is 17.4. The van der Waals surface area contributed by atoms with Gasteiger partial charge in [-0.1, -0.05) is 0 Å². The van der Waals surface area contributed by atoms with Crippen LogP contribution in [0.3, 0.4) is 0 Å². The Hall–Kier alpha value is -3.27. The molecular formula is C20H24N4O5S. The van der Waals surface area contributed by atoms with E-state index in [4.69, 9.17) is 4.74 Å². The molecule has 0 saturated carbocycles. The molecule has 1 aromatic heterocycles. The third kappa shape index (κ3) is 3.90. The van der Waals surface area contributed by atoms with Crippen LogP contribution in [0.4, 0.5) is 11.4 Å². The SMILES string of the molecule is COc1ccc(N([C@@H](C)C(=O)Nc2ccc3c(c2)n(C)c(=O)n3C)S(C)(=O)=O)cc1. The Kier molecular flexibility index (Phi) is 5.62. The second-order valence-electron chi connectivity index (χ2n) is 7.03. The van der Waals surface area contributed by atoms with E-state index < -0.39 is 22.0 Å². The quantitative estimate of drug-likeness (QED) is 0.638. The number of nitrogens with one attached hydrogen (secondary N) is 1. The van der Waals surface area contributed by atoms with Gasteiger partial charge in [-0.3, -0.25) is 18.2 Å². The van der Waals surface area contributed by atoms with Gasteiger partial charge in [-0.25, -0.2) is 13.2 Å². The van der Waals surface area contributed by atoms with Gasteiger partial charge in [0.15, 0.2) is 0 Å². The van der Waals surface area contributed by atoms with E-state index in [1.807, 2.05) is 0 Å². The first kappa shape index (κ1) is 21.4. The largest absolute Gasteiger partial charge is 0.497 e. The van der Waals surface area contributed by atoms with E-state index in [1.54, 1.807) is 56.6 Å². The second kappa shape index (κ2) is 7.86. The topological polar surface area (TPSA) is 103 Å². The maximum atomic E-state index is 12.9. The average molecular weight is 433 g/mol. The Morgan fingerprint density at radius 1 is 1.07 bits per heavy atom. The third-order valence-corrected chi connectivity index (χ3v) is 6.20. The first-order valence-corrected chi connectivity index (χ1v) is 11.0. The molecule has 0 saturated heterocycles. The summed E-state index contributed by atoms with van der Waals surface area (Å²) in [5.74, 6) is 0.0719. The van der Waals surface area contributed by atoms with Crippen LogP contribution in [0.25, 0.3) is 11.0 Å². The zero-order valence-corrected chi connectivity index (χ0v) is 18.2. The Bertz CT molecular complexity index is 1260. The van der Waals surface area contributed by atoms with Gasteiger partial charge in [-0.15, -0.1) is 0 Å². The van der Waals surface area contributed by atoms with Gasteiger partial charge in [-0.2, -0.15) is 0 Å². The number of fused-ring (bicyclic) bond motifs is 1. The second-order valence-corrected chi connectivity index (χ2v) is 8.89. The average Bonchev–Trinajstić information content (AvgIpc) is 2.91. The van der Waals surface area contributed by atoms with Crippen molar-refractivity contribution in [3.05, 3.63) is 52.9 Å². The summed E-state index contributed by atoms with van der Waals surface area (Å²) >= 11 is 0. The molecule has 0 fully saturated rings. The van der Waals surface area contributed by atoms with Crippen LogP contribution >= 0.6 is 0 Å². The van der Waals surface area contributed by atoms with Gasteiger partial charge in [0, 0.05) is 19.8 Å². The van der Waals surface area contributed by atoms with Gasteiger partial charge in [0.25, 0.3) is 0 Å². The summed E-state index contributed by atoms with van der Waals surface area (Å²) in [5, 5.41) is 2.74. The van der Waals surface area contributed by atoms with E-state index in [-0.39, 0.29) is 5.69 Å². The summed E-state index contributed by atoms with van der Waals surface area (Å²) in [7, 11) is 1.10. The predicted octanol–water partition coefficient (Wildman–Crippen LogP) is 1.68. The standard InChI is InChI=1S/C20H24N4O5S/c1-13(24(30(5,27)28)15-7-9-16(29-4)10-8-15)19(25)21-14-6-11-17-18(12-14)23(3)20(26)22(17)2/h6-13H,1-5H3,(H,21,25)/t13-/m0/s1. The first-order chi connectivity index (χ1) is 14.0. The number of carbonyl (C=O) groups excluding carboxylic acids is 1. The number of aromatic nitrogens is 2. The molecule has 1 N–H and O–H groups in total. The van der Waals surface area contributed by atoms with E-state index in [1.165, 1.54) is 23.2 Å². The van der Waals surface area contributed by atoms with Crippen LogP contribution in [0.1, 0.15) is 6.92 Å². The van der Waals surface area contributed by atoms with Crippen LogP contribution in [-0.2, 0) is 28.9 Å². The molecule has 1 atom stereocenters. The Labute approximate surface area is 174 Å². The number of hydrogen-bond acceptors (Lipinski definition) is 5. The van der Waals surface area contributed by atoms with Crippen molar-refractivity contribution in [3.8, 4) is 5.75 Å². The summed E-state index contributed by atoms with van der Waals surface area (Å²) in [5.41, 5.74) is 2.02. The predicted molar refractivity (Wildman–Crippen MR) is 117 cm³/mol. The molecule has 3 aromatic rings. The number of carbonyl (C=O) groups is 1. The number of sulfonamides is 1. The Morgan fingerprint density at radius 3 is 2.23 bits per heavy atom. The van der Waals surface area contributed by atoms with Gasteiger partial charge < -0.3 is 10.1 Å². The molecule has 0 spiro atoms. The molecule has 30 heavy (non-hydrogen) atoms. The van der Waals surface area contributed by atoms with Crippen LogP contribution in [0.2, 0.25) is 0 Å². The molecule has 1 heterocycles. The molecule has 0 aliphatic carbocycles. The van der Waals surface area contributed by atoms with Crippen LogP contribution in [0.5, 0.6) is 5.75 Å². The lowest BCUT2D eigenvalue weighted by molar-refractivity contribution is -0.116. The summed E-state index contributed by atoms with van der Waals surface area (Å²) in [6.07, 6.45) is 1.05. The number of nitrogens with zero attached hydrogens (tertiary/aromatic N) is 3. The van der Waals surface area contributed by atoms with Crippen LogP contribution in [0, 0.1) is 0 Å². The molecule has 0 unspecified atom stereocenters. The Morgan fingerprint density at radius 2 is 1.67 bits per heavy atom. The summed E-state index contributed by atoms with van der Waals surface area (Å²) in [4.78, 5) is 25.0. The van der Waals surface area contributed by atoms with Crippen molar-refractivity contribution in [2.45, 2.75) is 13.0 Å². The van der Waals surface area contributed by atoms with E-state index >= 15 is 0 Å². The minimum Gasteiger partial charge on any atom is -0.497 e. The number of anilines is 2. The summed E-state index contributed by atoms with van der Waals surface area (Å²) in [6, 6.07) is 10.5. The molecular weight excluding hydrogens is 408 g/mol. The molecule has 9 nitrogen and oxygen atoms in total. The maximum Gasteiger partial charge on any atom is 0.328 e. The van der Waals surface area contributed by atoms with Crippen LogP contribution in [0.15, 0.2) is 47.3 Å². The van der Waals surface area contributed by atoms with Crippen molar-refractivity contribution in [3.63, 3.8) is 0 Å². The number of amides is 1. The highest BCUT2D eigenvalue weighted by Crippen LogP contribution is 2.25. The van der Waals surface area contributed by atoms with Gasteiger partial charge in [0.2, 0.25) is 15.9 Å². The number of benzene rings is 2. The minimum atomic E-state index is -3.73.